The third-order valence-electron chi connectivity index (χ3n) is 3.69. The number of carbonyl (C=O) groups is 2. The van der Waals surface area contributed by atoms with Crippen LogP contribution in [-0.2, 0) is 14.8 Å². The van der Waals surface area contributed by atoms with Crippen molar-refractivity contribution < 1.29 is 31.9 Å². The van der Waals surface area contributed by atoms with Gasteiger partial charge in [-0.25, -0.2) is 17.5 Å². The summed E-state index contributed by atoms with van der Waals surface area (Å²) in [5.41, 5.74) is 5.22. The summed E-state index contributed by atoms with van der Waals surface area (Å²) < 4.78 is 50.9. The van der Waals surface area contributed by atoms with Crippen molar-refractivity contribution in [3.8, 4) is 11.5 Å². The normalized spacial score (nSPS) is 10.9. The zero-order valence-corrected chi connectivity index (χ0v) is 16.8. The van der Waals surface area contributed by atoms with Crippen LogP contribution in [0.4, 0.5) is 10.1 Å². The summed E-state index contributed by atoms with van der Waals surface area (Å²) in [5.74, 6) is -1.93. The van der Waals surface area contributed by atoms with E-state index in [4.69, 9.17) is 15.2 Å². The summed E-state index contributed by atoms with van der Waals surface area (Å²) in [6.07, 6.45) is 1.30. The summed E-state index contributed by atoms with van der Waals surface area (Å²) in [6.45, 7) is 2.89. The molecule has 0 spiro atoms. The molecule has 0 fully saturated rings. The number of hydrogen-bond acceptors (Lipinski definition) is 6. The van der Waals surface area contributed by atoms with Gasteiger partial charge in [0.05, 0.1) is 7.11 Å². The summed E-state index contributed by atoms with van der Waals surface area (Å²) in [6, 6.07) is 7.33. The van der Waals surface area contributed by atoms with Gasteiger partial charge in [0.25, 0.3) is 11.8 Å². The molecule has 0 bridgehead atoms. The minimum atomic E-state index is -4.17. The van der Waals surface area contributed by atoms with E-state index >= 15 is 0 Å². The van der Waals surface area contributed by atoms with Crippen LogP contribution in [0.3, 0.4) is 0 Å². The molecule has 0 aromatic heterocycles. The van der Waals surface area contributed by atoms with E-state index in [1.54, 1.807) is 0 Å². The Bertz CT molecular complexity index is 1070. The van der Waals surface area contributed by atoms with Gasteiger partial charge in [-0.2, -0.15) is 0 Å². The molecule has 2 aromatic carbocycles. The predicted molar refractivity (Wildman–Crippen MR) is 107 cm³/mol. The first-order valence-electron chi connectivity index (χ1n) is 8.48. The van der Waals surface area contributed by atoms with Crippen LogP contribution >= 0.6 is 0 Å². The Kier molecular flexibility index (Phi) is 7.50. The van der Waals surface area contributed by atoms with Crippen molar-refractivity contribution in [2.24, 2.45) is 5.73 Å². The minimum absolute atomic E-state index is 0.0919. The van der Waals surface area contributed by atoms with Gasteiger partial charge in [0.15, 0.2) is 18.1 Å². The quantitative estimate of drug-likeness (QED) is 0.481. The molecule has 2 amide bonds. The van der Waals surface area contributed by atoms with Crippen LogP contribution in [0.15, 0.2) is 53.9 Å². The topological polar surface area (TPSA) is 137 Å². The van der Waals surface area contributed by atoms with Crippen LogP contribution in [0.5, 0.6) is 11.5 Å². The fourth-order valence-electron chi connectivity index (χ4n) is 2.32. The fourth-order valence-corrected chi connectivity index (χ4v) is 3.42. The third-order valence-corrected chi connectivity index (χ3v) is 5.13. The number of nitrogens with two attached hydrogens (primary N) is 1. The highest BCUT2D eigenvalue weighted by Crippen LogP contribution is 2.30. The Hall–Kier alpha value is -3.44. The molecule has 2 rings (SSSR count). The van der Waals surface area contributed by atoms with Crippen molar-refractivity contribution in [3.63, 3.8) is 0 Å². The molecule has 0 heterocycles. The lowest BCUT2D eigenvalue weighted by molar-refractivity contribution is -0.119. The standard InChI is InChI=1S/C19H20FN3O6S/c1-3-8-22-30(26,27)17-9-12(4-6-14(17)20)19(25)23-13-5-7-15(28-2)16(10-13)29-11-18(21)24/h3-7,9-10,22H,1,8,11H2,2H3,(H2,21,24)(H,23,25). The zero-order chi connectivity index (χ0) is 22.3. The smallest absolute Gasteiger partial charge is 0.255 e. The highest BCUT2D eigenvalue weighted by atomic mass is 32.2. The van der Waals surface area contributed by atoms with Gasteiger partial charge in [0.1, 0.15) is 10.7 Å². The monoisotopic (exact) mass is 437 g/mol. The molecule has 4 N–H and O–H groups in total. The number of primary amides is 1. The summed E-state index contributed by atoms with van der Waals surface area (Å²) >= 11 is 0. The van der Waals surface area contributed by atoms with E-state index in [-0.39, 0.29) is 23.5 Å². The predicted octanol–water partition coefficient (Wildman–Crippen LogP) is 1.41. The van der Waals surface area contributed by atoms with Crippen LogP contribution in [-0.4, -0.2) is 40.5 Å². The number of rotatable bonds is 10. The molecule has 0 aliphatic heterocycles. The SMILES string of the molecule is C=CCNS(=O)(=O)c1cc(C(=O)Nc2ccc(OC)c(OCC(N)=O)c2)ccc1F. The lowest BCUT2D eigenvalue weighted by Crippen LogP contribution is -2.25. The second kappa shape index (κ2) is 9.85. The van der Waals surface area contributed by atoms with Crippen molar-refractivity contribution in [2.45, 2.75) is 4.90 Å². The van der Waals surface area contributed by atoms with E-state index in [0.29, 0.717) is 5.75 Å². The maximum atomic E-state index is 14.0. The van der Waals surface area contributed by atoms with Crippen molar-refractivity contribution in [3.05, 3.63) is 60.4 Å². The minimum Gasteiger partial charge on any atom is -0.493 e. The first-order chi connectivity index (χ1) is 14.2. The number of amides is 2. The molecule has 0 aliphatic rings. The van der Waals surface area contributed by atoms with Crippen LogP contribution in [0.1, 0.15) is 10.4 Å². The first kappa shape index (κ1) is 22.8. The molecule has 0 saturated carbocycles. The number of carbonyl (C=O) groups excluding carboxylic acids is 2. The van der Waals surface area contributed by atoms with Crippen LogP contribution in [0.25, 0.3) is 0 Å². The maximum absolute atomic E-state index is 14.0. The Morgan fingerprint density at radius 2 is 1.93 bits per heavy atom. The maximum Gasteiger partial charge on any atom is 0.255 e. The molecule has 0 aliphatic carbocycles. The highest BCUT2D eigenvalue weighted by Gasteiger charge is 2.21. The fraction of sp³-hybridized carbons (Fsp3) is 0.158. The van der Waals surface area contributed by atoms with E-state index in [1.165, 1.54) is 31.4 Å². The largest absolute Gasteiger partial charge is 0.493 e. The van der Waals surface area contributed by atoms with E-state index in [1.807, 2.05) is 0 Å². The number of nitrogens with one attached hydrogen (secondary N) is 2. The Morgan fingerprint density at radius 1 is 1.20 bits per heavy atom. The molecular weight excluding hydrogens is 417 g/mol. The van der Waals surface area contributed by atoms with Gasteiger partial charge in [0, 0.05) is 23.9 Å². The van der Waals surface area contributed by atoms with Crippen molar-refractivity contribution in [1.82, 2.24) is 4.72 Å². The molecule has 0 saturated heterocycles. The molecule has 160 valence electrons. The molecule has 9 nitrogen and oxygen atoms in total. The van der Waals surface area contributed by atoms with Gasteiger partial charge >= 0.3 is 0 Å². The van der Waals surface area contributed by atoms with E-state index < -0.39 is 39.2 Å². The van der Waals surface area contributed by atoms with E-state index in [0.717, 1.165) is 18.2 Å². The second-order valence-electron chi connectivity index (χ2n) is 5.86. The van der Waals surface area contributed by atoms with Gasteiger partial charge in [-0.15, -0.1) is 6.58 Å². The van der Waals surface area contributed by atoms with E-state index in [9.17, 15) is 22.4 Å². The van der Waals surface area contributed by atoms with Gasteiger partial charge < -0.3 is 20.5 Å². The number of benzene rings is 2. The van der Waals surface area contributed by atoms with Crippen molar-refractivity contribution in [2.75, 3.05) is 25.6 Å². The van der Waals surface area contributed by atoms with Crippen molar-refractivity contribution >= 4 is 27.5 Å². The average molecular weight is 437 g/mol. The Morgan fingerprint density at radius 3 is 2.57 bits per heavy atom. The number of methoxy groups -OCH3 is 1. The first-order valence-corrected chi connectivity index (χ1v) is 9.97. The molecule has 0 atom stereocenters. The number of ether oxygens (including phenoxy) is 2. The molecule has 2 aromatic rings. The summed E-state index contributed by atoms with van der Waals surface area (Å²) in [5, 5.41) is 2.53. The lowest BCUT2D eigenvalue weighted by Gasteiger charge is -2.13. The molecular formula is C19H20FN3O6S. The van der Waals surface area contributed by atoms with E-state index in [2.05, 4.69) is 16.6 Å². The van der Waals surface area contributed by atoms with Gasteiger partial charge in [-0.1, -0.05) is 6.08 Å². The molecule has 30 heavy (non-hydrogen) atoms. The Labute approximate surface area is 172 Å². The van der Waals surface area contributed by atoms with Crippen LogP contribution in [0, 0.1) is 5.82 Å². The number of anilines is 1. The lowest BCUT2D eigenvalue weighted by atomic mass is 10.2. The number of sulfonamides is 1. The average Bonchev–Trinajstić information content (AvgIpc) is 2.71. The van der Waals surface area contributed by atoms with Crippen LogP contribution < -0.4 is 25.2 Å². The second-order valence-corrected chi connectivity index (χ2v) is 7.60. The molecule has 0 radical (unpaired) electrons. The highest BCUT2D eigenvalue weighted by molar-refractivity contribution is 7.89. The zero-order valence-electron chi connectivity index (χ0n) is 16.0. The summed E-state index contributed by atoms with van der Waals surface area (Å²) in [7, 11) is -2.78. The van der Waals surface area contributed by atoms with Gasteiger partial charge in [-0.05, 0) is 30.3 Å². The molecule has 11 heteroatoms. The molecule has 0 unspecified atom stereocenters. The summed E-state index contributed by atoms with van der Waals surface area (Å²) in [4.78, 5) is 22.8. The number of halogens is 1. The van der Waals surface area contributed by atoms with Crippen LogP contribution in [0.2, 0.25) is 0 Å². The van der Waals surface area contributed by atoms with Gasteiger partial charge in [-0.3, -0.25) is 9.59 Å². The van der Waals surface area contributed by atoms with Gasteiger partial charge in [0.2, 0.25) is 10.0 Å². The number of hydrogen-bond donors (Lipinski definition) is 3. The third kappa shape index (κ3) is 5.78. The van der Waals surface area contributed by atoms with Crippen molar-refractivity contribution in [1.29, 1.82) is 0 Å². The Balaban J connectivity index is 2.28.